The lowest BCUT2D eigenvalue weighted by Gasteiger charge is -2.17. The van der Waals surface area contributed by atoms with Gasteiger partial charge in [0.15, 0.2) is 0 Å². The van der Waals surface area contributed by atoms with Gasteiger partial charge >= 0.3 is 0 Å². The normalized spacial score (nSPS) is 18.7. The van der Waals surface area contributed by atoms with Crippen LogP contribution in [-0.2, 0) is 9.59 Å². The molecule has 1 aromatic carbocycles. The van der Waals surface area contributed by atoms with Gasteiger partial charge in [0, 0.05) is 36.1 Å². The highest BCUT2D eigenvalue weighted by Gasteiger charge is 2.29. The van der Waals surface area contributed by atoms with Crippen LogP contribution in [0.3, 0.4) is 0 Å². The van der Waals surface area contributed by atoms with Crippen LogP contribution in [0, 0.1) is 5.92 Å². The van der Waals surface area contributed by atoms with Crippen LogP contribution in [0.2, 0.25) is 0 Å². The van der Waals surface area contributed by atoms with E-state index in [9.17, 15) is 9.59 Å². The maximum Gasteiger partial charge on any atom is 0.227 e. The van der Waals surface area contributed by atoms with Gasteiger partial charge in [-0.05, 0) is 30.2 Å². The molecule has 1 aliphatic rings. The largest absolute Gasteiger partial charge is 0.326 e. The lowest BCUT2D eigenvalue weighted by atomic mass is 10.2. The number of nitrogens with one attached hydrogen (secondary N) is 1. The summed E-state index contributed by atoms with van der Waals surface area (Å²) in [6, 6.07) is 7.41. The predicted molar refractivity (Wildman–Crippen MR) is 79.6 cm³/mol. The molecule has 1 saturated heterocycles. The summed E-state index contributed by atoms with van der Waals surface area (Å²) in [7, 11) is 0. The van der Waals surface area contributed by atoms with E-state index in [-0.39, 0.29) is 11.8 Å². The third-order valence-corrected chi connectivity index (χ3v) is 4.12. The molecule has 1 heterocycles. The van der Waals surface area contributed by atoms with E-state index in [0.29, 0.717) is 18.8 Å². The zero-order valence-electron chi connectivity index (χ0n) is 10.9. The molecule has 0 bridgehead atoms. The van der Waals surface area contributed by atoms with Crippen molar-refractivity contribution in [3.8, 4) is 0 Å². The number of amides is 2. The first-order chi connectivity index (χ1) is 9.13. The summed E-state index contributed by atoms with van der Waals surface area (Å²) in [4.78, 5) is 25.0. The Labute approximate surface area is 121 Å². The van der Waals surface area contributed by atoms with Crippen molar-refractivity contribution < 1.29 is 9.59 Å². The number of rotatable bonds is 4. The van der Waals surface area contributed by atoms with Gasteiger partial charge in [-0.15, -0.1) is 0 Å². The molecule has 1 unspecified atom stereocenters. The third-order valence-electron chi connectivity index (χ3n) is 3.21. The van der Waals surface area contributed by atoms with Gasteiger partial charge in [0.25, 0.3) is 0 Å². The SMILES string of the molecule is CCC(=O)Nc1ccc(N2CC(CBr)CC2=O)cc1. The minimum atomic E-state index is -0.00986. The number of halogens is 1. The van der Waals surface area contributed by atoms with Gasteiger partial charge in [0.2, 0.25) is 11.8 Å². The highest BCUT2D eigenvalue weighted by Crippen LogP contribution is 2.27. The Morgan fingerprint density at radius 3 is 2.63 bits per heavy atom. The van der Waals surface area contributed by atoms with E-state index in [4.69, 9.17) is 0 Å². The minimum absolute atomic E-state index is 0.00986. The zero-order chi connectivity index (χ0) is 13.8. The molecular formula is C14H17BrN2O2. The monoisotopic (exact) mass is 324 g/mol. The van der Waals surface area contributed by atoms with Crippen molar-refractivity contribution in [1.29, 1.82) is 0 Å². The van der Waals surface area contributed by atoms with Crippen LogP contribution in [0.15, 0.2) is 24.3 Å². The Kier molecular flexibility index (Phi) is 4.58. The molecule has 4 nitrogen and oxygen atoms in total. The van der Waals surface area contributed by atoms with Crippen molar-refractivity contribution in [2.24, 2.45) is 5.92 Å². The molecule has 1 aromatic rings. The van der Waals surface area contributed by atoms with E-state index in [1.165, 1.54) is 0 Å². The maximum atomic E-state index is 11.9. The topological polar surface area (TPSA) is 49.4 Å². The molecule has 0 radical (unpaired) electrons. The van der Waals surface area contributed by atoms with Crippen LogP contribution in [0.25, 0.3) is 0 Å². The van der Waals surface area contributed by atoms with Crippen LogP contribution in [-0.4, -0.2) is 23.7 Å². The van der Waals surface area contributed by atoms with E-state index < -0.39 is 0 Å². The summed E-state index contributed by atoms with van der Waals surface area (Å²) in [5.41, 5.74) is 1.65. The van der Waals surface area contributed by atoms with E-state index in [1.807, 2.05) is 31.2 Å². The average Bonchev–Trinajstić information content (AvgIpc) is 2.81. The summed E-state index contributed by atoms with van der Waals surface area (Å²) in [5.74, 6) is 0.533. The first-order valence-corrected chi connectivity index (χ1v) is 7.52. The molecular weight excluding hydrogens is 308 g/mol. The molecule has 1 fully saturated rings. The number of alkyl halides is 1. The van der Waals surface area contributed by atoms with E-state index in [1.54, 1.807) is 4.90 Å². The second kappa shape index (κ2) is 6.19. The minimum Gasteiger partial charge on any atom is -0.326 e. The van der Waals surface area contributed by atoms with Gasteiger partial charge in [-0.2, -0.15) is 0 Å². The molecule has 5 heteroatoms. The lowest BCUT2D eigenvalue weighted by molar-refractivity contribution is -0.117. The van der Waals surface area contributed by atoms with Crippen LogP contribution < -0.4 is 10.2 Å². The summed E-state index contributed by atoms with van der Waals surface area (Å²) in [6.45, 7) is 2.57. The molecule has 1 N–H and O–H groups in total. The summed E-state index contributed by atoms with van der Waals surface area (Å²) >= 11 is 3.42. The van der Waals surface area contributed by atoms with Gasteiger partial charge in [0.05, 0.1) is 0 Å². The van der Waals surface area contributed by atoms with E-state index in [2.05, 4.69) is 21.2 Å². The van der Waals surface area contributed by atoms with E-state index >= 15 is 0 Å². The molecule has 0 saturated carbocycles. The highest BCUT2D eigenvalue weighted by molar-refractivity contribution is 9.09. The van der Waals surface area contributed by atoms with Gasteiger partial charge in [-0.1, -0.05) is 22.9 Å². The molecule has 102 valence electrons. The van der Waals surface area contributed by atoms with Crippen LogP contribution in [0.1, 0.15) is 19.8 Å². The van der Waals surface area contributed by atoms with Gasteiger partial charge < -0.3 is 10.2 Å². The molecule has 2 amide bonds. The molecule has 0 spiro atoms. The number of carbonyl (C=O) groups excluding carboxylic acids is 2. The molecule has 2 rings (SSSR count). The Morgan fingerprint density at radius 2 is 2.11 bits per heavy atom. The Balaban J connectivity index is 2.06. The standard InChI is InChI=1S/C14H17BrN2O2/c1-2-13(18)16-11-3-5-12(6-4-11)17-9-10(8-15)7-14(17)19/h3-6,10H,2,7-9H2,1H3,(H,16,18). The molecule has 1 aliphatic heterocycles. The Hall–Kier alpha value is -1.36. The summed E-state index contributed by atoms with van der Waals surface area (Å²) < 4.78 is 0. The maximum absolute atomic E-state index is 11.9. The van der Waals surface area contributed by atoms with E-state index in [0.717, 1.165) is 23.2 Å². The van der Waals surface area contributed by atoms with Crippen LogP contribution in [0.4, 0.5) is 11.4 Å². The number of benzene rings is 1. The van der Waals surface area contributed by atoms with Gasteiger partial charge in [-0.3, -0.25) is 9.59 Å². The Morgan fingerprint density at radius 1 is 1.42 bits per heavy atom. The lowest BCUT2D eigenvalue weighted by Crippen LogP contribution is -2.24. The van der Waals surface area contributed by atoms with Gasteiger partial charge in [0.1, 0.15) is 0 Å². The predicted octanol–water partition coefficient (Wildman–Crippen LogP) is 2.78. The summed E-state index contributed by atoms with van der Waals surface area (Å²) in [6.07, 6.45) is 1.05. The second-order valence-electron chi connectivity index (χ2n) is 4.68. The average molecular weight is 325 g/mol. The zero-order valence-corrected chi connectivity index (χ0v) is 12.4. The highest BCUT2D eigenvalue weighted by atomic mass is 79.9. The molecule has 19 heavy (non-hydrogen) atoms. The fraction of sp³-hybridized carbons (Fsp3) is 0.429. The smallest absolute Gasteiger partial charge is 0.227 e. The first kappa shape index (κ1) is 14.1. The third kappa shape index (κ3) is 3.35. The van der Waals surface area contributed by atoms with Crippen LogP contribution >= 0.6 is 15.9 Å². The quantitative estimate of drug-likeness (QED) is 0.866. The van der Waals surface area contributed by atoms with Gasteiger partial charge in [-0.25, -0.2) is 0 Å². The number of nitrogens with zero attached hydrogens (tertiary/aromatic N) is 1. The van der Waals surface area contributed by atoms with Crippen molar-refractivity contribution in [1.82, 2.24) is 0 Å². The van der Waals surface area contributed by atoms with Crippen LogP contribution in [0.5, 0.6) is 0 Å². The van der Waals surface area contributed by atoms with Crippen molar-refractivity contribution in [3.05, 3.63) is 24.3 Å². The van der Waals surface area contributed by atoms with Crippen molar-refractivity contribution in [3.63, 3.8) is 0 Å². The number of carbonyl (C=O) groups is 2. The molecule has 0 aliphatic carbocycles. The number of hydrogen-bond acceptors (Lipinski definition) is 2. The van der Waals surface area contributed by atoms with Crippen molar-refractivity contribution in [2.45, 2.75) is 19.8 Å². The number of anilines is 2. The fourth-order valence-electron chi connectivity index (χ4n) is 2.11. The number of hydrogen-bond donors (Lipinski definition) is 1. The first-order valence-electron chi connectivity index (χ1n) is 6.40. The fourth-order valence-corrected chi connectivity index (χ4v) is 2.54. The van der Waals surface area contributed by atoms with Crippen molar-refractivity contribution in [2.75, 3.05) is 22.1 Å². The Bertz CT molecular complexity index is 473. The molecule has 1 atom stereocenters. The summed E-state index contributed by atoms with van der Waals surface area (Å²) in [5, 5.41) is 3.64. The second-order valence-corrected chi connectivity index (χ2v) is 5.32. The van der Waals surface area contributed by atoms with Crippen molar-refractivity contribution >= 4 is 39.1 Å². The molecule has 0 aromatic heterocycles.